The van der Waals surface area contributed by atoms with Gasteiger partial charge in [0.15, 0.2) is 5.69 Å². The number of rotatable bonds is 3. The summed E-state index contributed by atoms with van der Waals surface area (Å²) in [5.41, 5.74) is 1.53. The van der Waals surface area contributed by atoms with Crippen LogP contribution in [0.3, 0.4) is 0 Å². The lowest BCUT2D eigenvalue weighted by Crippen LogP contribution is -2.24. The van der Waals surface area contributed by atoms with Crippen molar-refractivity contribution in [3.05, 3.63) is 11.4 Å². The van der Waals surface area contributed by atoms with Crippen molar-refractivity contribution < 1.29 is 9.59 Å². The first-order valence-electron chi connectivity index (χ1n) is 5.43. The molecule has 0 unspecified atom stereocenters. The van der Waals surface area contributed by atoms with Gasteiger partial charge in [0.1, 0.15) is 0 Å². The summed E-state index contributed by atoms with van der Waals surface area (Å²) >= 11 is 0. The summed E-state index contributed by atoms with van der Waals surface area (Å²) in [6, 6.07) is 0. The van der Waals surface area contributed by atoms with Crippen LogP contribution in [0.25, 0.3) is 0 Å². The molecule has 0 saturated heterocycles. The van der Waals surface area contributed by atoms with Gasteiger partial charge in [-0.2, -0.15) is 5.10 Å². The third-order valence-electron chi connectivity index (χ3n) is 2.53. The number of amides is 2. The molecule has 1 N–H and O–H groups in total. The molecule has 94 valence electrons. The average molecular weight is 238 g/mol. The number of hydrogen-bond donors (Lipinski definition) is 1. The van der Waals surface area contributed by atoms with Gasteiger partial charge in [-0.15, -0.1) is 0 Å². The molecule has 1 heterocycles. The van der Waals surface area contributed by atoms with E-state index in [9.17, 15) is 9.59 Å². The molecule has 6 heteroatoms. The Labute approximate surface area is 101 Å². The van der Waals surface area contributed by atoms with Gasteiger partial charge in [0.25, 0.3) is 5.91 Å². The van der Waals surface area contributed by atoms with E-state index in [-0.39, 0.29) is 17.5 Å². The van der Waals surface area contributed by atoms with Crippen molar-refractivity contribution in [3.63, 3.8) is 0 Å². The van der Waals surface area contributed by atoms with Gasteiger partial charge in [-0.1, -0.05) is 6.92 Å². The Balaban J connectivity index is 3.17. The van der Waals surface area contributed by atoms with E-state index in [1.165, 1.54) is 4.90 Å². The second-order valence-electron chi connectivity index (χ2n) is 4.03. The first-order chi connectivity index (χ1) is 7.88. The van der Waals surface area contributed by atoms with Crippen LogP contribution in [0.1, 0.15) is 29.5 Å². The minimum atomic E-state index is -0.222. The Morgan fingerprint density at radius 1 is 1.41 bits per heavy atom. The van der Waals surface area contributed by atoms with E-state index in [1.807, 2.05) is 6.92 Å². The summed E-state index contributed by atoms with van der Waals surface area (Å²) in [4.78, 5) is 24.7. The molecule has 17 heavy (non-hydrogen) atoms. The Kier molecular flexibility index (Phi) is 3.88. The maximum Gasteiger partial charge on any atom is 0.276 e. The number of aromatic nitrogens is 2. The summed E-state index contributed by atoms with van der Waals surface area (Å²) in [5, 5.41) is 6.84. The first kappa shape index (κ1) is 13.2. The molecule has 0 radical (unpaired) electrons. The van der Waals surface area contributed by atoms with Gasteiger partial charge in [0.05, 0.1) is 11.4 Å². The van der Waals surface area contributed by atoms with Crippen molar-refractivity contribution in [1.82, 2.24) is 14.7 Å². The SMILES string of the molecule is CCC(=O)Nc1c(C(=O)N(C)C)nn(C)c1C. The molecule has 0 bridgehead atoms. The van der Waals surface area contributed by atoms with Crippen LogP contribution < -0.4 is 5.32 Å². The molecule has 1 rings (SSSR count). The average Bonchev–Trinajstić information content (AvgIpc) is 2.55. The highest BCUT2D eigenvalue weighted by molar-refractivity contribution is 6.02. The molecule has 2 amide bonds. The van der Waals surface area contributed by atoms with E-state index in [2.05, 4.69) is 10.4 Å². The molecule has 1 aromatic rings. The van der Waals surface area contributed by atoms with Crippen LogP contribution in [-0.2, 0) is 11.8 Å². The molecule has 1 aromatic heterocycles. The highest BCUT2D eigenvalue weighted by atomic mass is 16.2. The van der Waals surface area contributed by atoms with Crippen molar-refractivity contribution in [2.75, 3.05) is 19.4 Å². The van der Waals surface area contributed by atoms with Crippen LogP contribution in [0, 0.1) is 6.92 Å². The minimum Gasteiger partial charge on any atom is -0.343 e. The van der Waals surface area contributed by atoms with Gasteiger partial charge in [-0.3, -0.25) is 14.3 Å². The second-order valence-corrected chi connectivity index (χ2v) is 4.03. The van der Waals surface area contributed by atoms with Gasteiger partial charge in [0.2, 0.25) is 5.91 Å². The molecule has 0 spiro atoms. The maximum atomic E-state index is 11.9. The number of hydrogen-bond acceptors (Lipinski definition) is 3. The van der Waals surface area contributed by atoms with Crippen LogP contribution in [-0.4, -0.2) is 40.6 Å². The Hall–Kier alpha value is -1.85. The lowest BCUT2D eigenvalue weighted by molar-refractivity contribution is -0.115. The molecule has 0 fully saturated rings. The smallest absolute Gasteiger partial charge is 0.276 e. The Bertz CT molecular complexity index is 449. The minimum absolute atomic E-state index is 0.131. The fourth-order valence-corrected chi connectivity index (χ4v) is 1.35. The molecule has 0 saturated carbocycles. The fraction of sp³-hybridized carbons (Fsp3) is 0.545. The lowest BCUT2D eigenvalue weighted by atomic mass is 10.2. The lowest BCUT2D eigenvalue weighted by Gasteiger charge is -2.10. The predicted molar refractivity (Wildman–Crippen MR) is 64.9 cm³/mol. The summed E-state index contributed by atoms with van der Waals surface area (Å²) < 4.78 is 1.59. The molecule has 0 aliphatic heterocycles. The topological polar surface area (TPSA) is 67.2 Å². The van der Waals surface area contributed by atoms with Crippen LogP contribution >= 0.6 is 0 Å². The van der Waals surface area contributed by atoms with Gasteiger partial charge >= 0.3 is 0 Å². The zero-order valence-electron chi connectivity index (χ0n) is 10.9. The fourth-order valence-electron chi connectivity index (χ4n) is 1.35. The van der Waals surface area contributed by atoms with E-state index in [0.717, 1.165) is 5.69 Å². The summed E-state index contributed by atoms with van der Waals surface area (Å²) in [6.45, 7) is 3.57. The second kappa shape index (κ2) is 4.99. The number of carbonyl (C=O) groups is 2. The number of anilines is 1. The van der Waals surface area contributed by atoms with E-state index < -0.39 is 0 Å². The summed E-state index contributed by atoms with van der Waals surface area (Å²) in [6.07, 6.45) is 0.365. The van der Waals surface area contributed by atoms with E-state index in [0.29, 0.717) is 12.1 Å². The van der Waals surface area contributed by atoms with Crippen LogP contribution in [0.15, 0.2) is 0 Å². The zero-order chi connectivity index (χ0) is 13.2. The van der Waals surface area contributed by atoms with E-state index in [1.54, 1.807) is 32.7 Å². The van der Waals surface area contributed by atoms with Gasteiger partial charge in [-0.05, 0) is 6.92 Å². The summed E-state index contributed by atoms with van der Waals surface area (Å²) in [5.74, 6) is -0.353. The number of carbonyl (C=O) groups excluding carboxylic acids is 2. The Morgan fingerprint density at radius 3 is 2.47 bits per heavy atom. The molecule has 0 aliphatic carbocycles. The first-order valence-corrected chi connectivity index (χ1v) is 5.43. The molecule has 0 atom stereocenters. The van der Waals surface area contributed by atoms with Crippen molar-refractivity contribution in [2.45, 2.75) is 20.3 Å². The highest BCUT2D eigenvalue weighted by Gasteiger charge is 2.21. The molecule has 0 aromatic carbocycles. The predicted octanol–water partition coefficient (Wildman–Crippen LogP) is 0.779. The third kappa shape index (κ3) is 2.64. The van der Waals surface area contributed by atoms with Crippen molar-refractivity contribution in [1.29, 1.82) is 0 Å². The number of aryl methyl sites for hydroxylation is 1. The summed E-state index contributed by atoms with van der Waals surface area (Å²) in [7, 11) is 5.04. The van der Waals surface area contributed by atoms with Crippen LogP contribution in [0.4, 0.5) is 5.69 Å². The quantitative estimate of drug-likeness (QED) is 0.846. The standard InChI is InChI=1S/C11H18N4O2/c1-6-8(16)12-9-7(2)15(5)13-10(9)11(17)14(3)4/h6H2,1-5H3,(H,12,16). The van der Waals surface area contributed by atoms with E-state index in [4.69, 9.17) is 0 Å². The van der Waals surface area contributed by atoms with Gasteiger partial charge in [0, 0.05) is 27.6 Å². The largest absolute Gasteiger partial charge is 0.343 e. The Morgan fingerprint density at radius 2 is 2.00 bits per heavy atom. The van der Waals surface area contributed by atoms with E-state index >= 15 is 0 Å². The number of nitrogens with one attached hydrogen (secondary N) is 1. The number of nitrogens with zero attached hydrogens (tertiary/aromatic N) is 3. The molecule has 6 nitrogen and oxygen atoms in total. The van der Waals surface area contributed by atoms with Gasteiger partial charge < -0.3 is 10.2 Å². The van der Waals surface area contributed by atoms with Crippen LogP contribution in [0.5, 0.6) is 0 Å². The third-order valence-corrected chi connectivity index (χ3v) is 2.53. The molecular weight excluding hydrogens is 220 g/mol. The van der Waals surface area contributed by atoms with Crippen molar-refractivity contribution in [2.24, 2.45) is 7.05 Å². The van der Waals surface area contributed by atoms with Gasteiger partial charge in [-0.25, -0.2) is 0 Å². The maximum absolute atomic E-state index is 11.9. The monoisotopic (exact) mass is 238 g/mol. The van der Waals surface area contributed by atoms with Crippen molar-refractivity contribution >= 4 is 17.5 Å². The molecule has 0 aliphatic rings. The highest BCUT2D eigenvalue weighted by Crippen LogP contribution is 2.20. The molecular formula is C11H18N4O2. The zero-order valence-corrected chi connectivity index (χ0v) is 10.9. The van der Waals surface area contributed by atoms with Crippen molar-refractivity contribution in [3.8, 4) is 0 Å². The van der Waals surface area contributed by atoms with Crippen LogP contribution in [0.2, 0.25) is 0 Å². The normalized spacial score (nSPS) is 10.2.